The van der Waals surface area contributed by atoms with Crippen LogP contribution in [-0.2, 0) is 29.6 Å². The average Bonchev–Trinajstić information content (AvgIpc) is 3.33. The molecule has 3 heterocycles. The van der Waals surface area contributed by atoms with Crippen LogP contribution in [0.2, 0.25) is 5.28 Å². The summed E-state index contributed by atoms with van der Waals surface area (Å²) in [5, 5.41) is 5.51. The fourth-order valence-corrected chi connectivity index (χ4v) is 5.91. The van der Waals surface area contributed by atoms with Crippen LogP contribution in [0.4, 0.5) is 4.79 Å². The number of ether oxygens (including phenoxy) is 2. The first-order valence-corrected chi connectivity index (χ1v) is 15.4. The summed E-state index contributed by atoms with van der Waals surface area (Å²) in [7, 11) is 1.94. The molecule has 9 nitrogen and oxygen atoms in total. The molecule has 0 aliphatic carbocycles. The van der Waals surface area contributed by atoms with E-state index in [1.54, 1.807) is 4.90 Å². The number of amides is 1. The van der Waals surface area contributed by atoms with E-state index < -0.39 is 17.6 Å². The molecule has 5 aromatic rings. The molecule has 3 aromatic carbocycles. The van der Waals surface area contributed by atoms with Gasteiger partial charge in [-0.05, 0) is 66.4 Å². The van der Waals surface area contributed by atoms with Gasteiger partial charge in [0, 0.05) is 44.9 Å². The smallest absolute Gasteiger partial charge is 0.410 e. The minimum atomic E-state index is -0.638. The second-order valence-electron chi connectivity index (χ2n) is 12.4. The number of piperazine rings is 1. The zero-order valence-corrected chi connectivity index (χ0v) is 26.6. The normalized spacial score (nSPS) is 15.4. The van der Waals surface area contributed by atoms with Gasteiger partial charge in [-0.2, -0.15) is 0 Å². The highest BCUT2D eigenvalue weighted by atomic mass is 35.5. The maximum absolute atomic E-state index is 13.4. The zero-order valence-electron chi connectivity index (χ0n) is 25.8. The lowest BCUT2D eigenvalue weighted by molar-refractivity contribution is -0.142. The molecule has 1 amide bonds. The monoisotopic (exact) mass is 625 g/mol. The van der Waals surface area contributed by atoms with Crippen LogP contribution in [0.3, 0.4) is 0 Å². The summed E-state index contributed by atoms with van der Waals surface area (Å²) in [6.45, 7) is 7.28. The fourth-order valence-electron chi connectivity index (χ4n) is 5.74. The highest BCUT2D eigenvalue weighted by Gasteiger charge is 2.33. The van der Waals surface area contributed by atoms with E-state index in [-0.39, 0.29) is 17.9 Å². The summed E-state index contributed by atoms with van der Waals surface area (Å²) in [6.07, 6.45) is 2.13. The van der Waals surface area contributed by atoms with Gasteiger partial charge in [-0.25, -0.2) is 14.8 Å². The van der Waals surface area contributed by atoms with E-state index in [4.69, 9.17) is 21.1 Å². The Labute approximate surface area is 267 Å². The van der Waals surface area contributed by atoms with Crippen LogP contribution in [0, 0.1) is 5.41 Å². The van der Waals surface area contributed by atoms with Crippen molar-refractivity contribution < 1.29 is 19.1 Å². The van der Waals surface area contributed by atoms with Gasteiger partial charge in [-0.3, -0.25) is 9.69 Å². The molecule has 232 valence electrons. The van der Waals surface area contributed by atoms with Crippen LogP contribution in [-0.4, -0.2) is 51.1 Å². The zero-order chi connectivity index (χ0) is 31.7. The van der Waals surface area contributed by atoms with Crippen LogP contribution in [0.15, 0.2) is 72.9 Å². The lowest BCUT2D eigenvalue weighted by atomic mass is 9.96. The SMILES string of the molecule is Cn1cc(Cc2cc(OC(=O)C(C)(C)C)cc3ccccc23)c2nc(Cl)nc(C3CNCCN3C(=O)OCc3ccccc3)c21. The van der Waals surface area contributed by atoms with Crippen molar-refractivity contribution in [1.82, 2.24) is 24.8 Å². The van der Waals surface area contributed by atoms with Crippen molar-refractivity contribution in [3.05, 3.63) is 101 Å². The molecule has 1 aliphatic rings. The third kappa shape index (κ3) is 6.50. The molecule has 0 bridgehead atoms. The number of aromatic nitrogens is 3. The minimum Gasteiger partial charge on any atom is -0.445 e. The Kier molecular flexibility index (Phi) is 8.48. The molecule has 45 heavy (non-hydrogen) atoms. The van der Waals surface area contributed by atoms with Crippen LogP contribution in [0.25, 0.3) is 21.8 Å². The maximum Gasteiger partial charge on any atom is 0.410 e. The fraction of sp³-hybridized carbons (Fsp3) is 0.314. The molecule has 2 aromatic heterocycles. The first kappa shape index (κ1) is 30.6. The van der Waals surface area contributed by atoms with Gasteiger partial charge in [-0.15, -0.1) is 0 Å². The number of nitrogens with one attached hydrogen (secondary N) is 1. The molecule has 0 spiro atoms. The second-order valence-corrected chi connectivity index (χ2v) is 12.8. The molecule has 0 radical (unpaired) electrons. The lowest BCUT2D eigenvalue weighted by Crippen LogP contribution is -2.49. The summed E-state index contributed by atoms with van der Waals surface area (Å²) in [4.78, 5) is 37.1. The van der Waals surface area contributed by atoms with E-state index in [0.717, 1.165) is 33.0 Å². The Morgan fingerprint density at radius 1 is 1.02 bits per heavy atom. The summed E-state index contributed by atoms with van der Waals surface area (Å²) in [5.74, 6) is 0.196. The Hall–Kier alpha value is -4.47. The molecular formula is C35H36ClN5O4. The second kappa shape index (κ2) is 12.5. The number of esters is 1. The standard InChI is InChI=1S/C35H36ClN5O4/c1-35(2,3)32(42)45-26-17-23-12-8-9-13-27(23)24(18-26)16-25-20-40(4)31-29(25)38-33(36)39-30(31)28-19-37-14-15-41(28)34(43)44-21-22-10-6-5-7-11-22/h5-13,17-18,20,28,37H,14-16,19,21H2,1-4H3. The third-order valence-corrected chi connectivity index (χ3v) is 8.18. The van der Waals surface area contributed by atoms with E-state index in [9.17, 15) is 9.59 Å². The highest BCUT2D eigenvalue weighted by Crippen LogP contribution is 2.34. The summed E-state index contributed by atoms with van der Waals surface area (Å²) < 4.78 is 13.5. The van der Waals surface area contributed by atoms with E-state index in [2.05, 4.69) is 21.4 Å². The number of rotatable bonds is 6. The van der Waals surface area contributed by atoms with Gasteiger partial charge >= 0.3 is 12.1 Å². The number of carbonyl (C=O) groups excluding carboxylic acids is 2. The van der Waals surface area contributed by atoms with E-state index in [0.29, 0.717) is 43.0 Å². The number of hydrogen-bond donors (Lipinski definition) is 1. The third-order valence-electron chi connectivity index (χ3n) is 8.01. The molecule has 0 saturated carbocycles. The number of benzene rings is 3. The van der Waals surface area contributed by atoms with Crippen molar-refractivity contribution in [1.29, 1.82) is 0 Å². The topological polar surface area (TPSA) is 98.6 Å². The van der Waals surface area contributed by atoms with Crippen molar-refractivity contribution in [3.63, 3.8) is 0 Å². The molecular weight excluding hydrogens is 590 g/mol. The van der Waals surface area contributed by atoms with Crippen LogP contribution < -0.4 is 10.1 Å². The number of hydrogen-bond acceptors (Lipinski definition) is 7. The lowest BCUT2D eigenvalue weighted by Gasteiger charge is -2.35. The first-order chi connectivity index (χ1) is 21.6. The largest absolute Gasteiger partial charge is 0.445 e. The van der Waals surface area contributed by atoms with E-state index >= 15 is 0 Å². The molecule has 1 atom stereocenters. The number of aryl methyl sites for hydroxylation is 1. The Bertz CT molecular complexity index is 1880. The molecule has 1 fully saturated rings. The summed E-state index contributed by atoms with van der Waals surface area (Å²) in [6, 6.07) is 21.0. The minimum absolute atomic E-state index is 0.103. The van der Waals surface area contributed by atoms with Crippen LogP contribution >= 0.6 is 11.6 Å². The van der Waals surface area contributed by atoms with Crippen molar-refractivity contribution in [2.45, 2.75) is 39.8 Å². The van der Waals surface area contributed by atoms with E-state index in [1.807, 2.05) is 99.2 Å². The molecule has 6 rings (SSSR count). The van der Waals surface area contributed by atoms with Gasteiger partial charge in [0.25, 0.3) is 0 Å². The Morgan fingerprint density at radius 3 is 2.56 bits per heavy atom. The molecule has 10 heteroatoms. The average molecular weight is 626 g/mol. The maximum atomic E-state index is 13.4. The highest BCUT2D eigenvalue weighted by molar-refractivity contribution is 6.28. The van der Waals surface area contributed by atoms with Gasteiger partial charge in [0.2, 0.25) is 5.28 Å². The first-order valence-electron chi connectivity index (χ1n) is 15.0. The summed E-state index contributed by atoms with van der Waals surface area (Å²) in [5.41, 5.74) is 4.35. The predicted molar refractivity (Wildman–Crippen MR) is 174 cm³/mol. The Balaban J connectivity index is 1.36. The van der Waals surface area contributed by atoms with Gasteiger partial charge < -0.3 is 19.4 Å². The molecule has 1 saturated heterocycles. The quantitative estimate of drug-likeness (QED) is 0.129. The van der Waals surface area contributed by atoms with Crippen molar-refractivity contribution >= 4 is 45.5 Å². The molecule has 1 unspecified atom stereocenters. The number of fused-ring (bicyclic) bond motifs is 2. The van der Waals surface area contributed by atoms with E-state index in [1.165, 1.54) is 0 Å². The van der Waals surface area contributed by atoms with Crippen LogP contribution in [0.5, 0.6) is 5.75 Å². The number of halogens is 1. The van der Waals surface area contributed by atoms with Gasteiger partial charge in [0.15, 0.2) is 0 Å². The van der Waals surface area contributed by atoms with Crippen molar-refractivity contribution in [2.75, 3.05) is 19.6 Å². The molecule has 1 N–H and O–H groups in total. The summed E-state index contributed by atoms with van der Waals surface area (Å²) >= 11 is 6.57. The predicted octanol–water partition coefficient (Wildman–Crippen LogP) is 6.60. The number of nitrogens with zero attached hydrogens (tertiary/aromatic N) is 4. The molecule has 1 aliphatic heterocycles. The van der Waals surface area contributed by atoms with Crippen LogP contribution in [0.1, 0.15) is 49.2 Å². The number of carbonyl (C=O) groups is 2. The van der Waals surface area contributed by atoms with Gasteiger partial charge in [0.1, 0.15) is 12.4 Å². The Morgan fingerprint density at radius 2 is 1.78 bits per heavy atom. The van der Waals surface area contributed by atoms with Crippen molar-refractivity contribution in [3.8, 4) is 5.75 Å². The van der Waals surface area contributed by atoms with Crippen molar-refractivity contribution in [2.24, 2.45) is 12.5 Å². The van der Waals surface area contributed by atoms with Gasteiger partial charge in [-0.1, -0.05) is 54.6 Å². The van der Waals surface area contributed by atoms with Gasteiger partial charge in [0.05, 0.1) is 28.2 Å².